The van der Waals surface area contributed by atoms with Crippen molar-refractivity contribution in [3.63, 3.8) is 0 Å². The number of nitrogens with zero attached hydrogens (tertiary/aromatic N) is 4. The maximum atomic E-state index is 6.35. The molecule has 2 aliphatic heterocycles. The van der Waals surface area contributed by atoms with Gasteiger partial charge in [0.25, 0.3) is 0 Å². The fraction of sp³-hybridized carbons (Fsp3) is 0.360. The summed E-state index contributed by atoms with van der Waals surface area (Å²) in [7, 11) is 0. The minimum atomic E-state index is 0.693. The Kier molecular flexibility index (Phi) is 5.79. The van der Waals surface area contributed by atoms with Crippen LogP contribution in [-0.4, -0.2) is 34.5 Å². The predicted molar refractivity (Wildman–Crippen MR) is 124 cm³/mol. The van der Waals surface area contributed by atoms with Crippen molar-refractivity contribution in [2.45, 2.75) is 39.3 Å². The van der Waals surface area contributed by atoms with E-state index >= 15 is 0 Å². The maximum absolute atomic E-state index is 6.35. The molecule has 0 N–H and O–H groups in total. The Labute approximate surface area is 188 Å². The highest BCUT2D eigenvalue weighted by molar-refractivity contribution is 6.30. The number of halogens is 1. The van der Waals surface area contributed by atoms with Crippen LogP contribution in [-0.2, 0) is 19.5 Å². The molecule has 1 aromatic heterocycles. The summed E-state index contributed by atoms with van der Waals surface area (Å²) < 4.78 is 6.35. The van der Waals surface area contributed by atoms with Gasteiger partial charge in [0.15, 0.2) is 0 Å². The molecule has 0 unspecified atom stereocenters. The zero-order valence-electron chi connectivity index (χ0n) is 17.9. The molecule has 160 valence electrons. The van der Waals surface area contributed by atoms with Gasteiger partial charge < -0.3 is 9.64 Å². The fourth-order valence-electron chi connectivity index (χ4n) is 4.34. The third kappa shape index (κ3) is 4.68. The van der Waals surface area contributed by atoms with Gasteiger partial charge in [-0.2, -0.15) is 4.98 Å². The molecule has 1 fully saturated rings. The first kappa shape index (κ1) is 20.3. The number of aromatic nitrogens is 2. The summed E-state index contributed by atoms with van der Waals surface area (Å²) in [4.78, 5) is 14.6. The van der Waals surface area contributed by atoms with E-state index in [1.807, 2.05) is 24.3 Å². The van der Waals surface area contributed by atoms with E-state index in [1.54, 1.807) is 0 Å². The van der Waals surface area contributed by atoms with E-state index in [0.717, 1.165) is 67.1 Å². The second kappa shape index (κ2) is 8.85. The van der Waals surface area contributed by atoms with E-state index in [0.29, 0.717) is 5.88 Å². The third-order valence-corrected chi connectivity index (χ3v) is 6.25. The average molecular weight is 435 g/mol. The zero-order chi connectivity index (χ0) is 21.2. The fourth-order valence-corrected chi connectivity index (χ4v) is 4.47. The topological polar surface area (TPSA) is 41.5 Å². The molecular formula is C25H27ClN4O. The van der Waals surface area contributed by atoms with Gasteiger partial charge in [-0.3, -0.25) is 4.90 Å². The van der Waals surface area contributed by atoms with Crippen molar-refractivity contribution in [3.05, 3.63) is 75.9 Å². The van der Waals surface area contributed by atoms with Crippen LogP contribution in [0.4, 0.5) is 5.95 Å². The van der Waals surface area contributed by atoms with Crippen molar-refractivity contribution in [1.82, 2.24) is 14.9 Å². The predicted octanol–water partition coefficient (Wildman–Crippen LogP) is 5.39. The molecule has 31 heavy (non-hydrogen) atoms. The summed E-state index contributed by atoms with van der Waals surface area (Å²) >= 11 is 6.05. The van der Waals surface area contributed by atoms with Gasteiger partial charge in [0.1, 0.15) is 5.75 Å². The van der Waals surface area contributed by atoms with Gasteiger partial charge in [0, 0.05) is 44.2 Å². The molecule has 3 heterocycles. The smallest absolute Gasteiger partial charge is 0.228 e. The molecule has 0 radical (unpaired) electrons. The Morgan fingerprint density at radius 2 is 1.81 bits per heavy atom. The van der Waals surface area contributed by atoms with E-state index < -0.39 is 0 Å². The molecule has 0 aliphatic carbocycles. The van der Waals surface area contributed by atoms with Crippen molar-refractivity contribution in [3.8, 4) is 11.6 Å². The lowest BCUT2D eigenvalue weighted by atomic mass is 10.1. The first-order chi connectivity index (χ1) is 15.1. The average Bonchev–Trinajstić information content (AvgIpc) is 3.31. The van der Waals surface area contributed by atoms with Crippen LogP contribution in [0.2, 0.25) is 5.02 Å². The van der Waals surface area contributed by atoms with Crippen LogP contribution < -0.4 is 9.64 Å². The van der Waals surface area contributed by atoms with Gasteiger partial charge in [-0.05, 0) is 55.2 Å². The third-order valence-electron chi connectivity index (χ3n) is 6.00. The summed E-state index contributed by atoms with van der Waals surface area (Å²) in [6, 6.07) is 16.2. The van der Waals surface area contributed by atoms with Crippen LogP contribution in [0.5, 0.6) is 11.6 Å². The van der Waals surface area contributed by atoms with Gasteiger partial charge >= 0.3 is 0 Å². The molecule has 1 saturated heterocycles. The summed E-state index contributed by atoms with van der Waals surface area (Å²) in [5.74, 6) is 2.33. The minimum absolute atomic E-state index is 0.693. The molecule has 0 saturated carbocycles. The maximum Gasteiger partial charge on any atom is 0.228 e. The molecule has 3 aromatic rings. The number of hydrogen-bond acceptors (Lipinski definition) is 5. The quantitative estimate of drug-likeness (QED) is 0.538. The van der Waals surface area contributed by atoms with Crippen LogP contribution in [0, 0.1) is 6.92 Å². The molecule has 2 aromatic carbocycles. The first-order valence-electron chi connectivity index (χ1n) is 11.0. The monoisotopic (exact) mass is 434 g/mol. The second-order valence-electron chi connectivity index (χ2n) is 8.45. The van der Waals surface area contributed by atoms with E-state index in [9.17, 15) is 0 Å². The molecule has 5 nitrogen and oxygen atoms in total. The zero-order valence-corrected chi connectivity index (χ0v) is 18.6. The Balaban J connectivity index is 1.45. The molecule has 6 heteroatoms. The lowest BCUT2D eigenvalue weighted by Gasteiger charge is -2.30. The van der Waals surface area contributed by atoms with Crippen LogP contribution in [0.1, 0.15) is 35.2 Å². The Bertz CT molecular complexity index is 1060. The first-order valence-corrected chi connectivity index (χ1v) is 11.4. The van der Waals surface area contributed by atoms with Gasteiger partial charge in [-0.15, -0.1) is 0 Å². The SMILES string of the molecule is Cc1cccc(Oc2nc(N3CCCC3)nc3c2CN(Cc2ccc(Cl)cc2)CC3)c1. The molecule has 0 amide bonds. The summed E-state index contributed by atoms with van der Waals surface area (Å²) in [5, 5.41) is 0.768. The number of anilines is 1. The number of rotatable bonds is 5. The Morgan fingerprint density at radius 1 is 1.00 bits per heavy atom. The molecule has 0 bridgehead atoms. The van der Waals surface area contributed by atoms with E-state index in [-0.39, 0.29) is 0 Å². The normalized spacial score (nSPS) is 16.4. The summed E-state index contributed by atoms with van der Waals surface area (Å²) in [6.45, 7) is 6.73. The number of fused-ring (bicyclic) bond motifs is 1. The van der Waals surface area contributed by atoms with Gasteiger partial charge in [-0.1, -0.05) is 35.9 Å². The number of hydrogen-bond donors (Lipinski definition) is 0. The minimum Gasteiger partial charge on any atom is -0.438 e. The molecule has 2 aliphatic rings. The van der Waals surface area contributed by atoms with Crippen LogP contribution >= 0.6 is 11.6 Å². The second-order valence-corrected chi connectivity index (χ2v) is 8.89. The van der Waals surface area contributed by atoms with Crippen LogP contribution in [0.25, 0.3) is 0 Å². The highest BCUT2D eigenvalue weighted by Crippen LogP contribution is 2.33. The standard InChI is InChI=1S/C25H27ClN4O/c1-18-5-4-6-21(15-18)31-24-22-17-29(16-19-7-9-20(26)10-8-19)14-11-23(22)27-25(28-24)30-12-2-3-13-30/h4-10,15H,2-3,11-14,16-17H2,1H3. The van der Waals surface area contributed by atoms with Crippen molar-refractivity contribution < 1.29 is 4.74 Å². The summed E-state index contributed by atoms with van der Waals surface area (Å²) in [6.07, 6.45) is 3.29. The van der Waals surface area contributed by atoms with Gasteiger partial charge in [0.05, 0.1) is 11.3 Å². The highest BCUT2D eigenvalue weighted by Gasteiger charge is 2.26. The molecular weight excluding hydrogens is 408 g/mol. The van der Waals surface area contributed by atoms with Gasteiger partial charge in [0.2, 0.25) is 11.8 Å². The number of ether oxygens (including phenoxy) is 1. The van der Waals surface area contributed by atoms with Crippen LogP contribution in [0.15, 0.2) is 48.5 Å². The van der Waals surface area contributed by atoms with Crippen molar-refractivity contribution >= 4 is 17.5 Å². The summed E-state index contributed by atoms with van der Waals surface area (Å²) in [5.41, 5.74) is 4.64. The van der Waals surface area contributed by atoms with Gasteiger partial charge in [-0.25, -0.2) is 4.98 Å². The lowest BCUT2D eigenvalue weighted by Crippen LogP contribution is -2.32. The van der Waals surface area contributed by atoms with E-state index in [2.05, 4.69) is 41.0 Å². The van der Waals surface area contributed by atoms with Crippen molar-refractivity contribution in [2.24, 2.45) is 0 Å². The highest BCUT2D eigenvalue weighted by atomic mass is 35.5. The van der Waals surface area contributed by atoms with E-state index in [4.69, 9.17) is 26.3 Å². The molecule has 5 rings (SSSR count). The molecule has 0 atom stereocenters. The Morgan fingerprint density at radius 3 is 2.58 bits per heavy atom. The van der Waals surface area contributed by atoms with Crippen molar-refractivity contribution in [2.75, 3.05) is 24.5 Å². The molecule has 0 spiro atoms. The number of benzene rings is 2. The Hall–Kier alpha value is -2.63. The van der Waals surface area contributed by atoms with Crippen molar-refractivity contribution in [1.29, 1.82) is 0 Å². The van der Waals surface area contributed by atoms with Crippen LogP contribution in [0.3, 0.4) is 0 Å². The largest absolute Gasteiger partial charge is 0.438 e. The van der Waals surface area contributed by atoms with E-state index in [1.165, 1.54) is 24.0 Å². The lowest BCUT2D eigenvalue weighted by molar-refractivity contribution is 0.238. The number of aryl methyl sites for hydroxylation is 1.